The fourth-order valence-electron chi connectivity index (χ4n) is 0.800. The van der Waals surface area contributed by atoms with Crippen LogP contribution in [0.3, 0.4) is 0 Å². The Labute approximate surface area is 95.0 Å². The van der Waals surface area contributed by atoms with Gasteiger partial charge in [0.2, 0.25) is 0 Å². The van der Waals surface area contributed by atoms with Gasteiger partial charge < -0.3 is 0 Å². The highest BCUT2D eigenvalue weighted by molar-refractivity contribution is 9.11. The summed E-state index contributed by atoms with van der Waals surface area (Å²) in [7, 11) is 3.40. The first-order valence-electron chi connectivity index (χ1n) is 3.11. The van der Waals surface area contributed by atoms with Crippen molar-refractivity contribution < 1.29 is 0 Å². The molecule has 62 valence electrons. The van der Waals surface area contributed by atoms with E-state index in [0.29, 0.717) is 0 Å². The molecule has 0 unspecified atom stereocenters. The Hall–Kier alpha value is 0.450. The Bertz CT molecular complexity index is 436. The van der Waals surface area contributed by atoms with Crippen LogP contribution < -0.4 is 0 Å². The van der Waals surface area contributed by atoms with Crippen LogP contribution in [-0.4, -0.2) is 0 Å². The van der Waals surface area contributed by atoms with E-state index in [1.807, 2.05) is 0 Å². The highest BCUT2D eigenvalue weighted by Crippen LogP contribution is 2.36. The molecule has 0 fully saturated rings. The van der Waals surface area contributed by atoms with E-state index in [1.165, 1.54) is 13.5 Å². The van der Waals surface area contributed by atoms with E-state index in [2.05, 4.69) is 34.1 Å². The number of rotatable bonds is 1. The largest absolute Gasteiger partial charge is 0.127 e. The van der Waals surface area contributed by atoms with Gasteiger partial charge in [-0.1, -0.05) is 32.9 Å². The lowest BCUT2D eigenvalue weighted by Gasteiger charge is -1.84. The zero-order valence-corrected chi connectivity index (χ0v) is 10.6. The van der Waals surface area contributed by atoms with Crippen LogP contribution >= 0.6 is 60.2 Å². The first-order chi connectivity index (χ1) is 5.75. The van der Waals surface area contributed by atoms with Gasteiger partial charge in [0.05, 0.1) is 8.66 Å². The van der Waals surface area contributed by atoms with Crippen molar-refractivity contribution in [3.63, 3.8) is 0 Å². The number of thiophene rings is 1. The minimum absolute atomic E-state index is 0.972. The van der Waals surface area contributed by atoms with Crippen molar-refractivity contribution in [3.05, 3.63) is 25.8 Å². The lowest BCUT2D eigenvalue weighted by molar-refractivity contribution is 1.92. The summed E-state index contributed by atoms with van der Waals surface area (Å²) in [6, 6.07) is 6.23. The predicted molar refractivity (Wildman–Crippen MR) is 64.0 cm³/mol. The summed E-state index contributed by atoms with van der Waals surface area (Å²) in [5.74, 6) is 0. The average Bonchev–Trinajstić information content (AvgIpc) is 2.58. The van der Waals surface area contributed by atoms with Crippen LogP contribution in [0.4, 0.5) is 0 Å². The quantitative estimate of drug-likeness (QED) is 0.525. The van der Waals surface area contributed by atoms with E-state index in [9.17, 15) is 0 Å². The normalized spacial score (nSPS) is 10.4. The van der Waals surface area contributed by atoms with Gasteiger partial charge in [-0.15, -0.1) is 11.3 Å². The summed E-state index contributed by atoms with van der Waals surface area (Å²) in [5, 5.41) is 0. The van der Waals surface area contributed by atoms with Crippen LogP contribution in [0.15, 0.2) is 22.0 Å². The van der Waals surface area contributed by atoms with Crippen LogP contribution in [0, 0.1) is 3.82 Å². The lowest BCUT2D eigenvalue weighted by atomic mass is 10.4. The monoisotopic (exact) mass is 294 g/mol. The van der Waals surface area contributed by atoms with Crippen molar-refractivity contribution in [3.8, 4) is 9.75 Å². The summed E-state index contributed by atoms with van der Waals surface area (Å²) in [6.07, 6.45) is 0. The maximum atomic E-state index is 5.06. The third kappa shape index (κ3) is 1.85. The van der Waals surface area contributed by atoms with E-state index in [1.54, 1.807) is 32.0 Å². The molecule has 2 heterocycles. The highest BCUT2D eigenvalue weighted by Gasteiger charge is 2.02. The van der Waals surface area contributed by atoms with Crippen molar-refractivity contribution in [2.45, 2.75) is 0 Å². The fourth-order valence-corrected chi connectivity index (χ4v) is 4.81. The first kappa shape index (κ1) is 9.02. The van der Waals surface area contributed by atoms with E-state index in [0.717, 1.165) is 3.82 Å². The number of hydrogen-bond acceptors (Lipinski definition) is 4. The second kappa shape index (κ2) is 3.67. The zero-order valence-electron chi connectivity index (χ0n) is 5.74. The van der Waals surface area contributed by atoms with Crippen LogP contribution in [0.2, 0.25) is 0 Å². The van der Waals surface area contributed by atoms with Gasteiger partial charge in [-0.2, -0.15) is 0 Å². The second-order valence-electron chi connectivity index (χ2n) is 2.10. The van der Waals surface area contributed by atoms with Gasteiger partial charge in [0, 0.05) is 4.88 Å². The fraction of sp³-hybridized carbons (Fsp3) is 0. The maximum absolute atomic E-state index is 5.06. The Morgan fingerprint density at radius 1 is 1.17 bits per heavy atom. The molecule has 0 N–H and O–H groups in total. The molecule has 0 saturated heterocycles. The van der Waals surface area contributed by atoms with Crippen LogP contribution in [0.25, 0.3) is 9.75 Å². The molecule has 0 aliphatic carbocycles. The smallest absolute Gasteiger partial charge is 0.102 e. The second-order valence-corrected chi connectivity index (χ2v) is 7.47. The zero-order chi connectivity index (χ0) is 8.55. The van der Waals surface area contributed by atoms with Crippen LogP contribution in [-0.2, 0) is 0 Å². The molecule has 2 rings (SSSR count). The topological polar surface area (TPSA) is 0 Å². The summed E-state index contributed by atoms with van der Waals surface area (Å²) in [5.41, 5.74) is 0. The summed E-state index contributed by atoms with van der Waals surface area (Å²) >= 11 is 10.2. The summed E-state index contributed by atoms with van der Waals surface area (Å²) in [4.78, 5) is 2.57. The van der Waals surface area contributed by atoms with Gasteiger partial charge in [-0.3, -0.25) is 0 Å². The Balaban J connectivity index is 2.50. The minimum Gasteiger partial charge on any atom is -0.127 e. The van der Waals surface area contributed by atoms with Gasteiger partial charge in [-0.25, -0.2) is 0 Å². The van der Waals surface area contributed by atoms with Gasteiger partial charge in [0.25, 0.3) is 0 Å². The van der Waals surface area contributed by atoms with E-state index in [4.69, 9.17) is 12.2 Å². The summed E-state index contributed by atoms with van der Waals surface area (Å²) in [6.45, 7) is 0. The van der Waals surface area contributed by atoms with Crippen molar-refractivity contribution in [1.29, 1.82) is 0 Å². The number of halogens is 1. The Kier molecular flexibility index (Phi) is 2.76. The molecular formula is C7H3BrS4. The SMILES string of the molecule is S=c1cc(-c2ccc(Br)s2)ss1. The van der Waals surface area contributed by atoms with E-state index < -0.39 is 0 Å². The van der Waals surface area contributed by atoms with Gasteiger partial charge in [0.1, 0.15) is 3.82 Å². The lowest BCUT2D eigenvalue weighted by Crippen LogP contribution is -1.56. The molecule has 0 aromatic carbocycles. The average molecular weight is 295 g/mol. The molecule has 0 amide bonds. The molecule has 5 heteroatoms. The molecule has 12 heavy (non-hydrogen) atoms. The Morgan fingerprint density at radius 3 is 2.50 bits per heavy atom. The molecule has 0 aliphatic rings. The van der Waals surface area contributed by atoms with Crippen molar-refractivity contribution in [2.24, 2.45) is 0 Å². The van der Waals surface area contributed by atoms with Gasteiger partial charge in [-0.05, 0) is 34.1 Å². The molecule has 0 atom stereocenters. The van der Waals surface area contributed by atoms with Crippen molar-refractivity contribution in [1.82, 2.24) is 0 Å². The first-order valence-corrected chi connectivity index (χ1v) is 7.28. The third-order valence-electron chi connectivity index (χ3n) is 1.28. The van der Waals surface area contributed by atoms with Crippen LogP contribution in [0.1, 0.15) is 0 Å². The molecule has 0 saturated carbocycles. The number of hydrogen-bond donors (Lipinski definition) is 0. The van der Waals surface area contributed by atoms with Crippen LogP contribution in [0.5, 0.6) is 0 Å². The van der Waals surface area contributed by atoms with Crippen molar-refractivity contribution in [2.75, 3.05) is 0 Å². The van der Waals surface area contributed by atoms with Gasteiger partial charge in [0.15, 0.2) is 0 Å². The molecule has 0 nitrogen and oxygen atoms in total. The molecule has 0 bridgehead atoms. The summed E-state index contributed by atoms with van der Waals surface area (Å²) < 4.78 is 2.14. The Morgan fingerprint density at radius 2 is 2.00 bits per heavy atom. The predicted octanol–water partition coefficient (Wildman–Crippen LogP) is 5.03. The molecular weight excluding hydrogens is 292 g/mol. The van der Waals surface area contributed by atoms with E-state index >= 15 is 0 Å². The standard InChI is InChI=1S/C7H3BrS4/c8-6-2-1-4(10-6)5-3-7(9)12-11-5/h1-3H. The third-order valence-corrected chi connectivity index (χ3v) is 5.96. The van der Waals surface area contributed by atoms with Gasteiger partial charge >= 0.3 is 0 Å². The molecule has 2 aromatic rings. The molecule has 0 aliphatic heterocycles. The highest BCUT2D eigenvalue weighted by atomic mass is 79.9. The molecule has 0 spiro atoms. The minimum atomic E-state index is 0.972. The maximum Gasteiger partial charge on any atom is 0.102 e. The van der Waals surface area contributed by atoms with Crippen molar-refractivity contribution >= 4 is 60.2 Å². The molecule has 0 radical (unpaired) electrons. The van der Waals surface area contributed by atoms with E-state index in [-0.39, 0.29) is 0 Å². The molecule has 2 aromatic heterocycles.